The maximum absolute atomic E-state index is 5.26. The molecule has 0 saturated carbocycles. The molecule has 0 spiro atoms. The molecule has 7 heteroatoms. The molecule has 0 amide bonds. The molecule has 1 aromatic carbocycles. The van der Waals surface area contributed by atoms with Crippen molar-refractivity contribution in [3.8, 4) is 5.75 Å². The third kappa shape index (κ3) is 6.27. The summed E-state index contributed by atoms with van der Waals surface area (Å²) in [6, 6.07) is 7.99. The topological polar surface area (TPSA) is 49.8 Å². The Morgan fingerprint density at radius 1 is 1.42 bits per heavy atom. The summed E-state index contributed by atoms with van der Waals surface area (Å²) < 4.78 is 5.26. The molecular formula is C17H25IN4OS. The quantitative estimate of drug-likeness (QED) is 0.406. The smallest absolute Gasteiger partial charge is 0.194 e. The fraction of sp³-hybridized carbons (Fsp3) is 0.412. The summed E-state index contributed by atoms with van der Waals surface area (Å²) in [5.41, 5.74) is 2.19. The molecule has 0 atom stereocenters. The van der Waals surface area contributed by atoms with Gasteiger partial charge in [0.2, 0.25) is 0 Å². The highest BCUT2D eigenvalue weighted by Crippen LogP contribution is 2.14. The van der Waals surface area contributed by atoms with E-state index in [0.717, 1.165) is 41.1 Å². The monoisotopic (exact) mass is 460 g/mol. The van der Waals surface area contributed by atoms with Gasteiger partial charge in [-0.2, -0.15) is 0 Å². The lowest BCUT2D eigenvalue weighted by Gasteiger charge is -2.21. The number of ether oxygens (including phenoxy) is 1. The van der Waals surface area contributed by atoms with E-state index >= 15 is 0 Å². The number of benzene rings is 1. The first-order chi connectivity index (χ1) is 11.1. The van der Waals surface area contributed by atoms with Crippen molar-refractivity contribution in [1.29, 1.82) is 0 Å². The number of hydrogen-bond acceptors (Lipinski definition) is 4. The number of nitrogens with one attached hydrogen (secondary N) is 1. The van der Waals surface area contributed by atoms with Crippen LogP contribution in [0, 0.1) is 6.92 Å². The second-order valence-electron chi connectivity index (χ2n) is 5.24. The summed E-state index contributed by atoms with van der Waals surface area (Å²) in [6.07, 6.45) is 0. The molecule has 5 nitrogen and oxygen atoms in total. The molecular weight excluding hydrogens is 435 g/mol. The number of hydrogen-bond donors (Lipinski definition) is 1. The minimum atomic E-state index is 0. The Balaban J connectivity index is 0.00000288. The van der Waals surface area contributed by atoms with Gasteiger partial charge in [0.1, 0.15) is 5.75 Å². The van der Waals surface area contributed by atoms with E-state index in [0.29, 0.717) is 6.54 Å². The highest BCUT2D eigenvalue weighted by molar-refractivity contribution is 14.0. The van der Waals surface area contributed by atoms with Crippen LogP contribution < -0.4 is 10.1 Å². The predicted molar refractivity (Wildman–Crippen MR) is 112 cm³/mol. The molecule has 0 unspecified atom stereocenters. The molecule has 2 rings (SSSR count). The zero-order valence-corrected chi connectivity index (χ0v) is 17.7. The minimum absolute atomic E-state index is 0. The predicted octanol–water partition coefficient (Wildman–Crippen LogP) is 3.68. The van der Waals surface area contributed by atoms with Crippen LogP contribution in [-0.2, 0) is 13.1 Å². The number of halogens is 1. The summed E-state index contributed by atoms with van der Waals surface area (Å²) in [6.45, 7) is 6.28. The third-order valence-electron chi connectivity index (χ3n) is 3.31. The van der Waals surface area contributed by atoms with E-state index in [2.05, 4.69) is 33.6 Å². The standard InChI is InChI=1S/C17H24N4OS.HI/c1-5-18-17(21(3)11-15-12-23-13(2)20-15)19-10-14-7-6-8-16(9-14)22-4;/h6-9,12H,5,10-11H2,1-4H3,(H,18,19);1H. The summed E-state index contributed by atoms with van der Waals surface area (Å²) in [5, 5.41) is 6.51. The van der Waals surface area contributed by atoms with Gasteiger partial charge in [-0.3, -0.25) is 0 Å². The first-order valence-corrected chi connectivity index (χ1v) is 8.53. The van der Waals surface area contributed by atoms with Crippen molar-refractivity contribution in [2.45, 2.75) is 26.9 Å². The molecule has 0 radical (unpaired) electrons. The molecule has 24 heavy (non-hydrogen) atoms. The molecule has 1 aromatic heterocycles. The van der Waals surface area contributed by atoms with E-state index in [1.807, 2.05) is 32.2 Å². The second kappa shape index (κ2) is 10.5. The first-order valence-electron chi connectivity index (χ1n) is 7.65. The van der Waals surface area contributed by atoms with Crippen molar-refractivity contribution < 1.29 is 4.74 Å². The molecule has 2 aromatic rings. The highest BCUT2D eigenvalue weighted by Gasteiger charge is 2.08. The van der Waals surface area contributed by atoms with Gasteiger partial charge in [-0.1, -0.05) is 12.1 Å². The van der Waals surface area contributed by atoms with Crippen molar-refractivity contribution in [3.63, 3.8) is 0 Å². The van der Waals surface area contributed by atoms with E-state index in [9.17, 15) is 0 Å². The van der Waals surface area contributed by atoms with Gasteiger partial charge in [0.05, 0.1) is 30.9 Å². The van der Waals surface area contributed by atoms with E-state index in [1.165, 1.54) is 0 Å². The van der Waals surface area contributed by atoms with E-state index in [-0.39, 0.29) is 24.0 Å². The molecule has 0 fully saturated rings. The van der Waals surface area contributed by atoms with Gasteiger partial charge < -0.3 is 15.0 Å². The van der Waals surface area contributed by atoms with Gasteiger partial charge >= 0.3 is 0 Å². The molecule has 0 aliphatic heterocycles. The Bertz CT molecular complexity index is 660. The summed E-state index contributed by atoms with van der Waals surface area (Å²) in [5.74, 6) is 1.73. The van der Waals surface area contributed by atoms with Crippen molar-refractivity contribution in [3.05, 3.63) is 45.9 Å². The van der Waals surface area contributed by atoms with E-state index in [4.69, 9.17) is 9.73 Å². The average Bonchev–Trinajstić information content (AvgIpc) is 2.96. The molecule has 132 valence electrons. The van der Waals surface area contributed by atoms with Crippen LogP contribution in [0.15, 0.2) is 34.6 Å². The van der Waals surface area contributed by atoms with Crippen LogP contribution >= 0.6 is 35.3 Å². The molecule has 0 bridgehead atoms. The number of aryl methyl sites for hydroxylation is 1. The molecule has 0 aliphatic carbocycles. The van der Waals surface area contributed by atoms with Crippen LogP contribution in [0.25, 0.3) is 0 Å². The third-order valence-corrected chi connectivity index (χ3v) is 4.13. The minimum Gasteiger partial charge on any atom is -0.497 e. The fourth-order valence-corrected chi connectivity index (χ4v) is 2.81. The lowest BCUT2D eigenvalue weighted by Crippen LogP contribution is -2.38. The van der Waals surface area contributed by atoms with Crippen molar-refractivity contribution >= 4 is 41.3 Å². The number of guanidine groups is 1. The summed E-state index contributed by atoms with van der Waals surface area (Å²) >= 11 is 1.67. The summed E-state index contributed by atoms with van der Waals surface area (Å²) in [4.78, 5) is 11.3. The normalized spacial score (nSPS) is 10.9. The average molecular weight is 460 g/mol. The van der Waals surface area contributed by atoms with Crippen LogP contribution in [-0.4, -0.2) is 36.5 Å². The van der Waals surface area contributed by atoms with Gasteiger partial charge in [0.25, 0.3) is 0 Å². The van der Waals surface area contributed by atoms with Crippen LogP contribution in [0.4, 0.5) is 0 Å². The zero-order chi connectivity index (χ0) is 16.7. The Morgan fingerprint density at radius 2 is 2.21 bits per heavy atom. The molecule has 1 heterocycles. The van der Waals surface area contributed by atoms with Gasteiger partial charge in [-0.15, -0.1) is 35.3 Å². The molecule has 1 N–H and O–H groups in total. The van der Waals surface area contributed by atoms with Gasteiger partial charge in [0, 0.05) is 19.0 Å². The number of nitrogens with zero attached hydrogens (tertiary/aromatic N) is 3. The Morgan fingerprint density at radius 3 is 2.83 bits per heavy atom. The lowest BCUT2D eigenvalue weighted by molar-refractivity contribution is 0.414. The van der Waals surface area contributed by atoms with Crippen molar-refractivity contribution in [2.24, 2.45) is 4.99 Å². The number of methoxy groups -OCH3 is 1. The Labute approximate surface area is 165 Å². The number of aliphatic imine (C=N–C) groups is 1. The van der Waals surface area contributed by atoms with Crippen molar-refractivity contribution in [2.75, 3.05) is 20.7 Å². The molecule has 0 saturated heterocycles. The molecule has 0 aliphatic rings. The van der Waals surface area contributed by atoms with Crippen LogP contribution in [0.5, 0.6) is 5.75 Å². The Hall–Kier alpha value is -1.35. The highest BCUT2D eigenvalue weighted by atomic mass is 127. The lowest BCUT2D eigenvalue weighted by atomic mass is 10.2. The van der Waals surface area contributed by atoms with E-state index in [1.54, 1.807) is 18.4 Å². The second-order valence-corrected chi connectivity index (χ2v) is 6.30. The van der Waals surface area contributed by atoms with Gasteiger partial charge in [0.15, 0.2) is 5.96 Å². The maximum Gasteiger partial charge on any atom is 0.194 e. The number of rotatable bonds is 6. The fourth-order valence-electron chi connectivity index (χ4n) is 2.21. The Kier molecular flexibility index (Phi) is 9.05. The van der Waals surface area contributed by atoms with Crippen molar-refractivity contribution in [1.82, 2.24) is 15.2 Å². The van der Waals surface area contributed by atoms with Gasteiger partial charge in [-0.25, -0.2) is 9.98 Å². The van der Waals surface area contributed by atoms with Crippen LogP contribution in [0.3, 0.4) is 0 Å². The summed E-state index contributed by atoms with van der Waals surface area (Å²) in [7, 11) is 3.71. The zero-order valence-electron chi connectivity index (χ0n) is 14.6. The number of thiazole rings is 1. The largest absolute Gasteiger partial charge is 0.497 e. The van der Waals surface area contributed by atoms with Crippen LogP contribution in [0.1, 0.15) is 23.2 Å². The van der Waals surface area contributed by atoms with Crippen LogP contribution in [0.2, 0.25) is 0 Å². The van der Waals surface area contributed by atoms with Gasteiger partial charge in [-0.05, 0) is 31.5 Å². The van der Waals surface area contributed by atoms with E-state index < -0.39 is 0 Å². The maximum atomic E-state index is 5.26. The SMILES string of the molecule is CCNC(=NCc1cccc(OC)c1)N(C)Cc1csc(C)n1.I. The first kappa shape index (κ1) is 20.7. The number of aromatic nitrogens is 1.